The predicted octanol–water partition coefficient (Wildman–Crippen LogP) is 4.90. The molecule has 0 radical (unpaired) electrons. The van der Waals surface area contributed by atoms with E-state index in [0.717, 1.165) is 24.8 Å². The second-order valence-electron chi connectivity index (χ2n) is 6.54. The van der Waals surface area contributed by atoms with Gasteiger partial charge in [0.15, 0.2) is 0 Å². The van der Waals surface area contributed by atoms with Crippen LogP contribution in [-0.2, 0) is 15.9 Å². The van der Waals surface area contributed by atoms with Crippen molar-refractivity contribution >= 4 is 0 Å². The lowest BCUT2D eigenvalue weighted by Gasteiger charge is -2.35. The molecule has 0 amide bonds. The minimum absolute atomic E-state index is 0.146. The molecule has 3 unspecified atom stereocenters. The number of rotatable bonds is 4. The number of hydrogen-bond acceptors (Lipinski definition) is 2. The van der Waals surface area contributed by atoms with Gasteiger partial charge < -0.3 is 9.47 Å². The highest BCUT2D eigenvalue weighted by Gasteiger charge is 2.31. The molecule has 2 aliphatic heterocycles. The number of ether oxygens (including phenoxy) is 2. The first-order chi connectivity index (χ1) is 11.6. The Morgan fingerprint density at radius 3 is 2.46 bits per heavy atom. The van der Waals surface area contributed by atoms with Gasteiger partial charge in [-0.15, -0.1) is 0 Å². The minimum atomic E-state index is -0.476. The fourth-order valence-corrected chi connectivity index (χ4v) is 3.54. The maximum Gasteiger partial charge on any atom is 0.129 e. The van der Waals surface area contributed by atoms with Gasteiger partial charge in [-0.1, -0.05) is 25.7 Å². The quantitative estimate of drug-likeness (QED) is 0.780. The Morgan fingerprint density at radius 1 is 1.21 bits per heavy atom. The molecule has 4 heteroatoms. The topological polar surface area (TPSA) is 18.5 Å². The fraction of sp³-hybridized carbons (Fsp3) is 0.500. The zero-order valence-corrected chi connectivity index (χ0v) is 14.1. The molecule has 1 aromatic carbocycles. The van der Waals surface area contributed by atoms with Crippen molar-refractivity contribution in [2.75, 3.05) is 13.2 Å². The summed E-state index contributed by atoms with van der Waals surface area (Å²) >= 11 is 0. The molecule has 0 spiro atoms. The van der Waals surface area contributed by atoms with Gasteiger partial charge in [-0.3, -0.25) is 0 Å². The van der Waals surface area contributed by atoms with Gasteiger partial charge in [-0.05, 0) is 49.0 Å². The van der Waals surface area contributed by atoms with E-state index in [0.29, 0.717) is 31.1 Å². The van der Waals surface area contributed by atoms with Gasteiger partial charge in [0.2, 0.25) is 0 Å². The number of benzene rings is 1. The van der Waals surface area contributed by atoms with Crippen LogP contribution in [0.2, 0.25) is 0 Å². The first-order valence-corrected chi connectivity index (χ1v) is 8.64. The first-order valence-electron chi connectivity index (χ1n) is 8.64. The zero-order chi connectivity index (χ0) is 17.1. The first kappa shape index (κ1) is 17.3. The number of hydrogen-bond donors (Lipinski definition) is 0. The molecule has 0 aromatic heterocycles. The highest BCUT2D eigenvalue weighted by Crippen LogP contribution is 2.35. The van der Waals surface area contributed by atoms with E-state index in [-0.39, 0.29) is 17.8 Å². The number of halogens is 2. The van der Waals surface area contributed by atoms with E-state index in [9.17, 15) is 8.78 Å². The van der Waals surface area contributed by atoms with E-state index in [1.54, 1.807) is 6.92 Å². The molecule has 2 aliphatic rings. The summed E-state index contributed by atoms with van der Waals surface area (Å²) in [5, 5.41) is 0. The van der Waals surface area contributed by atoms with Gasteiger partial charge in [0.25, 0.3) is 0 Å². The van der Waals surface area contributed by atoms with E-state index in [2.05, 4.69) is 12.7 Å². The molecule has 1 saturated heterocycles. The Morgan fingerprint density at radius 2 is 1.96 bits per heavy atom. The van der Waals surface area contributed by atoms with Gasteiger partial charge in [0.1, 0.15) is 11.6 Å². The van der Waals surface area contributed by atoms with Crippen LogP contribution in [0.25, 0.3) is 0 Å². The Hall–Kier alpha value is -1.52. The van der Waals surface area contributed by atoms with Crippen molar-refractivity contribution in [3.8, 4) is 0 Å². The molecular weight excluding hydrogens is 310 g/mol. The van der Waals surface area contributed by atoms with Crippen molar-refractivity contribution in [1.29, 1.82) is 0 Å². The van der Waals surface area contributed by atoms with Gasteiger partial charge in [-0.25, -0.2) is 8.78 Å². The van der Waals surface area contributed by atoms with Crippen molar-refractivity contribution < 1.29 is 18.3 Å². The summed E-state index contributed by atoms with van der Waals surface area (Å²) in [6.45, 7) is 6.67. The molecule has 2 nitrogen and oxygen atoms in total. The Balaban J connectivity index is 1.61. The minimum Gasteiger partial charge on any atom is -0.373 e. The monoisotopic (exact) mass is 334 g/mol. The largest absolute Gasteiger partial charge is 0.373 e. The summed E-state index contributed by atoms with van der Waals surface area (Å²) in [6, 6.07) is 2.84. The van der Waals surface area contributed by atoms with Crippen LogP contribution in [0.3, 0.4) is 0 Å². The van der Waals surface area contributed by atoms with Crippen LogP contribution in [0.5, 0.6) is 0 Å². The standard InChI is InChI=1S/C20H24F2O2/c1-3-13-5-7-19(23-11-13)14-6-8-20(24-12-14)15-9-17(21)16(4-2)18(22)10-15/h3,5,9-10,14,19-20H,1,4,6-8,11-12H2,2H3. The van der Waals surface area contributed by atoms with Gasteiger partial charge in [0.05, 0.1) is 25.4 Å². The van der Waals surface area contributed by atoms with Crippen molar-refractivity contribution in [1.82, 2.24) is 0 Å². The average Bonchev–Trinajstić information content (AvgIpc) is 2.62. The average molecular weight is 334 g/mol. The lowest BCUT2D eigenvalue weighted by molar-refractivity contribution is -0.0761. The summed E-state index contributed by atoms with van der Waals surface area (Å²) in [7, 11) is 0. The molecule has 24 heavy (non-hydrogen) atoms. The van der Waals surface area contributed by atoms with E-state index in [1.165, 1.54) is 12.1 Å². The molecule has 1 fully saturated rings. The van der Waals surface area contributed by atoms with Crippen molar-refractivity contribution in [2.24, 2.45) is 5.92 Å². The summed E-state index contributed by atoms with van der Waals surface area (Å²) < 4.78 is 39.8. The van der Waals surface area contributed by atoms with Crippen LogP contribution in [-0.4, -0.2) is 19.3 Å². The Bertz CT molecular complexity index is 608. The molecule has 2 heterocycles. The molecule has 0 aliphatic carbocycles. The van der Waals surface area contributed by atoms with Crippen LogP contribution in [0.1, 0.15) is 43.4 Å². The third kappa shape index (κ3) is 3.60. The summed E-state index contributed by atoms with van der Waals surface area (Å²) in [6.07, 6.45) is 6.83. The summed E-state index contributed by atoms with van der Waals surface area (Å²) in [5.41, 5.74) is 1.87. The van der Waals surface area contributed by atoms with Crippen molar-refractivity contribution in [2.45, 2.75) is 44.8 Å². The predicted molar refractivity (Wildman–Crippen MR) is 89.8 cm³/mol. The van der Waals surface area contributed by atoms with Crippen LogP contribution in [0.4, 0.5) is 8.78 Å². The summed E-state index contributed by atoms with van der Waals surface area (Å²) in [4.78, 5) is 0. The third-order valence-corrected chi connectivity index (χ3v) is 5.06. The van der Waals surface area contributed by atoms with E-state index in [4.69, 9.17) is 9.47 Å². The molecule has 0 bridgehead atoms. The zero-order valence-electron chi connectivity index (χ0n) is 14.1. The maximum absolute atomic E-state index is 14.0. The lowest BCUT2D eigenvalue weighted by Crippen LogP contribution is -2.34. The van der Waals surface area contributed by atoms with Gasteiger partial charge in [0, 0.05) is 11.5 Å². The molecule has 130 valence electrons. The molecule has 0 saturated carbocycles. The van der Waals surface area contributed by atoms with E-state index < -0.39 is 11.6 Å². The van der Waals surface area contributed by atoms with Gasteiger partial charge in [-0.2, -0.15) is 0 Å². The molecule has 3 atom stereocenters. The fourth-order valence-electron chi connectivity index (χ4n) is 3.54. The van der Waals surface area contributed by atoms with E-state index in [1.807, 2.05) is 6.08 Å². The second-order valence-corrected chi connectivity index (χ2v) is 6.54. The Kier molecular flexibility index (Phi) is 5.47. The van der Waals surface area contributed by atoms with Crippen LogP contribution < -0.4 is 0 Å². The van der Waals surface area contributed by atoms with Crippen LogP contribution >= 0.6 is 0 Å². The van der Waals surface area contributed by atoms with Crippen molar-refractivity contribution in [3.05, 3.63) is 59.2 Å². The van der Waals surface area contributed by atoms with E-state index >= 15 is 0 Å². The van der Waals surface area contributed by atoms with Crippen molar-refractivity contribution in [3.63, 3.8) is 0 Å². The van der Waals surface area contributed by atoms with Crippen LogP contribution in [0, 0.1) is 17.6 Å². The second kappa shape index (κ2) is 7.58. The molecule has 1 aromatic rings. The van der Waals surface area contributed by atoms with Crippen LogP contribution in [0.15, 0.2) is 36.4 Å². The molecule has 3 rings (SSSR count). The van der Waals surface area contributed by atoms with Gasteiger partial charge >= 0.3 is 0 Å². The highest BCUT2D eigenvalue weighted by molar-refractivity contribution is 5.28. The summed E-state index contributed by atoms with van der Waals surface area (Å²) in [5.74, 6) is -0.625. The Labute approximate surface area is 142 Å². The maximum atomic E-state index is 14.0. The smallest absolute Gasteiger partial charge is 0.129 e. The highest BCUT2D eigenvalue weighted by atomic mass is 19.1. The SMILES string of the molecule is C=CC1=CCC(C2CCC(c3cc(F)c(CC)c(F)c3)OC2)OC1. The molecular formula is C20H24F2O2. The normalized spacial score (nSPS) is 27.6. The lowest BCUT2D eigenvalue weighted by atomic mass is 9.88. The molecule has 0 N–H and O–H groups in total. The third-order valence-electron chi connectivity index (χ3n) is 5.06.